The molecule has 430 valence electrons. The minimum Gasteiger partial charge on any atom is -0.456 e. The Bertz CT molecular complexity index is 4870. The van der Waals surface area contributed by atoms with Gasteiger partial charge in [-0.3, -0.25) is 0 Å². The molecule has 88 heavy (non-hydrogen) atoms. The fourth-order valence-corrected chi connectivity index (χ4v) is 14.5. The first-order chi connectivity index (χ1) is 42.2. The van der Waals surface area contributed by atoms with E-state index in [1.807, 2.05) is 0 Å². The van der Waals surface area contributed by atoms with E-state index in [1.165, 1.54) is 105 Å². The number of fused-ring (bicyclic) bond motifs is 13. The lowest BCUT2D eigenvalue weighted by Crippen LogP contribution is -2.61. The van der Waals surface area contributed by atoms with Crippen LogP contribution >= 0.6 is 0 Å². The summed E-state index contributed by atoms with van der Waals surface area (Å²) in [7, 11) is 0. The molecule has 5 heterocycles. The van der Waals surface area contributed by atoms with Gasteiger partial charge in [0.25, 0.3) is 6.71 Å². The highest BCUT2D eigenvalue weighted by Gasteiger charge is 2.46. The highest BCUT2D eigenvalue weighted by atomic mass is 16.3. The summed E-state index contributed by atoms with van der Waals surface area (Å²) in [5, 5.41) is 7.15. The molecule has 3 aromatic heterocycles. The van der Waals surface area contributed by atoms with E-state index in [-0.39, 0.29) is 28.4 Å². The number of para-hydroxylation sites is 5. The molecule has 11 aromatic carbocycles. The normalized spacial score (nSPS) is 13.6. The molecule has 2 aliphatic heterocycles. The Morgan fingerprint density at radius 1 is 0.284 bits per heavy atom. The van der Waals surface area contributed by atoms with Gasteiger partial charge in [0, 0.05) is 77.8 Å². The largest absolute Gasteiger partial charge is 0.456 e. The average molecular weight is 1140 g/mol. The summed E-state index contributed by atoms with van der Waals surface area (Å²) in [6.45, 7) is 28.2. The zero-order valence-electron chi connectivity index (χ0n) is 52.6. The number of hydrogen-bond donors (Lipinski definition) is 0. The Labute approximate surface area is 517 Å². The Morgan fingerprint density at radius 3 is 1.12 bits per heavy atom. The van der Waals surface area contributed by atoms with Crippen molar-refractivity contribution in [3.8, 4) is 22.5 Å². The lowest BCUT2D eigenvalue weighted by atomic mass is 9.33. The van der Waals surface area contributed by atoms with E-state index in [0.29, 0.717) is 0 Å². The van der Waals surface area contributed by atoms with Gasteiger partial charge in [-0.1, -0.05) is 204 Å². The number of aromatic nitrogens is 2. The van der Waals surface area contributed by atoms with Gasteiger partial charge in [-0.25, -0.2) is 0 Å². The van der Waals surface area contributed by atoms with Crippen LogP contribution in [-0.4, -0.2) is 15.8 Å². The van der Waals surface area contributed by atoms with E-state index in [0.717, 1.165) is 55.8 Å². The molecule has 5 nitrogen and oxygen atoms in total. The van der Waals surface area contributed by atoms with E-state index in [2.05, 4.69) is 326 Å². The van der Waals surface area contributed by atoms with Crippen LogP contribution in [0.2, 0.25) is 0 Å². The van der Waals surface area contributed by atoms with E-state index < -0.39 is 0 Å². The first-order valence-electron chi connectivity index (χ1n) is 31.4. The molecule has 6 heteroatoms. The molecule has 0 amide bonds. The first kappa shape index (κ1) is 53.9. The molecule has 0 radical (unpaired) electrons. The van der Waals surface area contributed by atoms with Crippen molar-refractivity contribution in [3.63, 3.8) is 0 Å². The van der Waals surface area contributed by atoms with Gasteiger partial charge in [0.05, 0.1) is 22.1 Å². The van der Waals surface area contributed by atoms with Gasteiger partial charge in [-0.05, 0) is 175 Å². The third kappa shape index (κ3) is 8.35. The van der Waals surface area contributed by atoms with E-state index in [4.69, 9.17) is 4.42 Å². The van der Waals surface area contributed by atoms with Gasteiger partial charge < -0.3 is 23.4 Å². The topological polar surface area (TPSA) is 29.5 Å². The summed E-state index contributed by atoms with van der Waals surface area (Å²) in [6.07, 6.45) is 0. The van der Waals surface area contributed by atoms with Crippen LogP contribution in [0.15, 0.2) is 229 Å². The lowest BCUT2D eigenvalue weighted by molar-refractivity contribution is 0.568. The maximum absolute atomic E-state index is 6.56. The van der Waals surface area contributed by atoms with Crippen molar-refractivity contribution in [2.45, 2.75) is 105 Å². The lowest BCUT2D eigenvalue weighted by Gasteiger charge is -2.45. The molecular weight excluding hydrogens is 1070 g/mol. The van der Waals surface area contributed by atoms with E-state index >= 15 is 0 Å². The van der Waals surface area contributed by atoms with Gasteiger partial charge in [0.1, 0.15) is 11.2 Å². The Hall–Kier alpha value is -9.52. The third-order valence-corrected chi connectivity index (χ3v) is 19.2. The fourth-order valence-electron chi connectivity index (χ4n) is 14.5. The van der Waals surface area contributed by atoms with Crippen molar-refractivity contribution in [1.82, 2.24) is 9.13 Å². The van der Waals surface area contributed by atoms with Crippen LogP contribution in [0, 0.1) is 0 Å². The summed E-state index contributed by atoms with van der Waals surface area (Å²) in [5.74, 6) is 0. The maximum atomic E-state index is 6.56. The molecule has 0 atom stereocenters. The molecule has 0 aliphatic carbocycles. The molecular formula is C82H73BN4O. The predicted molar refractivity (Wildman–Crippen MR) is 377 cm³/mol. The van der Waals surface area contributed by atoms with Crippen molar-refractivity contribution in [2.24, 2.45) is 0 Å². The van der Waals surface area contributed by atoms with Crippen molar-refractivity contribution >= 4 is 123 Å². The van der Waals surface area contributed by atoms with Crippen LogP contribution in [0.5, 0.6) is 0 Å². The van der Waals surface area contributed by atoms with Crippen LogP contribution in [0.1, 0.15) is 105 Å². The molecule has 14 aromatic rings. The van der Waals surface area contributed by atoms with E-state index in [9.17, 15) is 0 Å². The second-order valence-corrected chi connectivity index (χ2v) is 29.1. The number of rotatable bonds is 5. The van der Waals surface area contributed by atoms with Crippen LogP contribution in [-0.2, 0) is 21.7 Å². The number of hydrogen-bond acceptors (Lipinski definition) is 3. The standard InChI is InChI=1S/C82H73BN4O/c1-79(2,3)52-40-53(80(4,5)6)43-58(42-52)86-72-48-70-63(60-29-19-22-32-68(60)84(70)56-25-15-13-16-26-56)46-66(72)83-67-47-64-61-30-20-23-33-69(61)85(57-27-17-14-18-28-57)71(64)49-73(67)87(59-44-54(81(7,8)9)41-55(45-59)82(10,11)12)75-39-51(38-74(86)78(75)83)50-35-36-77-65(37-50)62-31-21-24-34-76(62)88-77/h13-49H,1-12H3. The zero-order chi connectivity index (χ0) is 60.5. The SMILES string of the molecule is CC(C)(C)c1cc(N2c3cc4c(cc3B3c5cc6c7ccccc7n(-c7ccccc7)c6cc5N(c5cc(C(C)(C)C)cc(C(C)(C)C)c5)c5cc(-c6ccc7oc8ccccc8c7c6)cc2c53)c2ccccc2n4-c2ccccc2)cc(C(C)(C)C)c1. The van der Waals surface area contributed by atoms with Gasteiger partial charge in [0.15, 0.2) is 0 Å². The van der Waals surface area contributed by atoms with Crippen molar-refractivity contribution in [1.29, 1.82) is 0 Å². The Kier molecular flexibility index (Phi) is 11.6. The summed E-state index contributed by atoms with van der Waals surface area (Å²) in [4.78, 5) is 5.35. The Morgan fingerprint density at radius 2 is 0.682 bits per heavy atom. The molecule has 0 fully saturated rings. The average Bonchev–Trinajstić information content (AvgIpc) is 0.925. The van der Waals surface area contributed by atoms with Crippen molar-refractivity contribution in [2.75, 3.05) is 9.80 Å². The first-order valence-corrected chi connectivity index (χ1v) is 31.4. The van der Waals surface area contributed by atoms with Gasteiger partial charge in [0.2, 0.25) is 0 Å². The fraction of sp³-hybridized carbons (Fsp3) is 0.195. The Balaban J connectivity index is 1.12. The number of nitrogens with zero attached hydrogens (tertiary/aromatic N) is 4. The van der Waals surface area contributed by atoms with Crippen molar-refractivity contribution < 1.29 is 4.42 Å². The molecule has 0 bridgehead atoms. The molecule has 0 saturated carbocycles. The molecule has 16 rings (SSSR count). The summed E-state index contributed by atoms with van der Waals surface area (Å²) >= 11 is 0. The highest BCUT2D eigenvalue weighted by molar-refractivity contribution is 7.00. The molecule has 0 N–H and O–H groups in total. The van der Waals surface area contributed by atoms with Gasteiger partial charge in [-0.15, -0.1) is 0 Å². The number of benzene rings is 11. The minimum absolute atomic E-state index is 0.145. The molecule has 0 spiro atoms. The second-order valence-electron chi connectivity index (χ2n) is 29.1. The minimum atomic E-state index is -0.191. The third-order valence-electron chi connectivity index (χ3n) is 19.2. The smallest absolute Gasteiger partial charge is 0.252 e. The van der Waals surface area contributed by atoms with Crippen LogP contribution < -0.4 is 26.2 Å². The monoisotopic (exact) mass is 1140 g/mol. The number of furan rings is 1. The summed E-state index contributed by atoms with van der Waals surface area (Å²) in [6, 6.07) is 85.5. The van der Waals surface area contributed by atoms with E-state index in [1.54, 1.807) is 0 Å². The van der Waals surface area contributed by atoms with Crippen LogP contribution in [0.25, 0.3) is 88.1 Å². The van der Waals surface area contributed by atoms with Gasteiger partial charge >= 0.3 is 0 Å². The highest BCUT2D eigenvalue weighted by Crippen LogP contribution is 2.51. The second kappa shape index (κ2) is 19.0. The zero-order valence-corrected chi connectivity index (χ0v) is 52.6. The van der Waals surface area contributed by atoms with Crippen LogP contribution in [0.4, 0.5) is 34.1 Å². The van der Waals surface area contributed by atoms with Crippen molar-refractivity contribution in [3.05, 3.63) is 247 Å². The molecule has 0 unspecified atom stereocenters. The van der Waals surface area contributed by atoms with Crippen LogP contribution in [0.3, 0.4) is 0 Å². The molecule has 2 aliphatic rings. The van der Waals surface area contributed by atoms with Gasteiger partial charge in [-0.2, -0.15) is 0 Å². The molecule has 0 saturated heterocycles. The maximum Gasteiger partial charge on any atom is 0.252 e. The predicted octanol–water partition coefficient (Wildman–Crippen LogP) is 20.7. The summed E-state index contributed by atoms with van der Waals surface area (Å²) < 4.78 is 11.5. The quantitative estimate of drug-likeness (QED) is 0.161. The number of anilines is 6. The summed E-state index contributed by atoms with van der Waals surface area (Å²) in [5.41, 5.74) is 26.5.